The number of nitrogens with one attached hydrogen (secondary N) is 1. The number of phenolic OH excluding ortho intramolecular Hbond substituents is 2. The van der Waals surface area contributed by atoms with Crippen molar-refractivity contribution in [2.24, 2.45) is 0 Å². The molecule has 5 heteroatoms. The van der Waals surface area contributed by atoms with Crippen molar-refractivity contribution in [2.45, 2.75) is 53.4 Å². The molecule has 1 amide bonds. The van der Waals surface area contributed by atoms with Crippen LogP contribution in [0.25, 0.3) is 0 Å². The maximum absolute atomic E-state index is 12.2. The van der Waals surface area contributed by atoms with Gasteiger partial charge in [-0.15, -0.1) is 0 Å². The van der Waals surface area contributed by atoms with Crippen LogP contribution in [0.5, 0.6) is 17.2 Å². The first-order valence-corrected chi connectivity index (χ1v) is 11.7. The molecule has 0 aliphatic rings. The standard InChI is InChI=1S/C29H35NO4/c1-18(2)27-14-22(7-6-19(27)3)15-28-20(4)10-26(11-21(28)5)34-17-29(33)30-9-8-23-12-24(31)16-25(32)13-23/h6-7,10-14,16,18,31-32H,8-9,15,17H2,1-5H3,(H,30,33). The van der Waals surface area contributed by atoms with Crippen LogP contribution in [-0.4, -0.2) is 29.3 Å². The van der Waals surface area contributed by atoms with Crippen LogP contribution in [0.3, 0.4) is 0 Å². The van der Waals surface area contributed by atoms with Crippen molar-refractivity contribution in [3.63, 3.8) is 0 Å². The largest absolute Gasteiger partial charge is 0.508 e. The average Bonchev–Trinajstić information content (AvgIpc) is 2.75. The third kappa shape index (κ3) is 6.77. The van der Waals surface area contributed by atoms with Crippen LogP contribution in [0.4, 0.5) is 0 Å². The number of ether oxygens (including phenoxy) is 1. The average molecular weight is 462 g/mol. The number of carbonyl (C=O) groups is 1. The van der Waals surface area contributed by atoms with Gasteiger partial charge in [-0.3, -0.25) is 4.79 Å². The van der Waals surface area contributed by atoms with Gasteiger partial charge >= 0.3 is 0 Å². The highest BCUT2D eigenvalue weighted by molar-refractivity contribution is 5.77. The predicted octanol–water partition coefficient (Wildman–Crippen LogP) is 5.47. The third-order valence-corrected chi connectivity index (χ3v) is 6.08. The summed E-state index contributed by atoms with van der Waals surface area (Å²) in [6.45, 7) is 11.1. The highest BCUT2D eigenvalue weighted by Crippen LogP contribution is 2.27. The molecule has 0 atom stereocenters. The van der Waals surface area contributed by atoms with Crippen LogP contribution >= 0.6 is 0 Å². The molecule has 3 N–H and O–H groups in total. The minimum absolute atomic E-state index is 0.00147. The molecule has 3 aromatic carbocycles. The van der Waals surface area contributed by atoms with Crippen LogP contribution < -0.4 is 10.1 Å². The van der Waals surface area contributed by atoms with Crippen molar-refractivity contribution in [1.29, 1.82) is 0 Å². The van der Waals surface area contributed by atoms with E-state index in [9.17, 15) is 15.0 Å². The maximum atomic E-state index is 12.2. The summed E-state index contributed by atoms with van der Waals surface area (Å²) in [6.07, 6.45) is 1.36. The fourth-order valence-electron chi connectivity index (χ4n) is 4.29. The van der Waals surface area contributed by atoms with E-state index in [1.54, 1.807) is 12.1 Å². The summed E-state index contributed by atoms with van der Waals surface area (Å²) in [5, 5.41) is 21.9. The Morgan fingerprint density at radius 2 is 1.53 bits per heavy atom. The van der Waals surface area contributed by atoms with Crippen LogP contribution in [0.2, 0.25) is 0 Å². The molecule has 3 aromatic rings. The monoisotopic (exact) mass is 461 g/mol. The Bertz CT molecular complexity index is 1120. The number of aryl methyl sites for hydroxylation is 3. The van der Waals surface area contributed by atoms with Gasteiger partial charge in [0, 0.05) is 12.6 Å². The summed E-state index contributed by atoms with van der Waals surface area (Å²) < 4.78 is 5.75. The first-order chi connectivity index (χ1) is 16.1. The Morgan fingerprint density at radius 1 is 0.882 bits per heavy atom. The Hall–Kier alpha value is -3.47. The Kier molecular flexibility index (Phi) is 8.21. The van der Waals surface area contributed by atoms with Gasteiger partial charge in [-0.05, 0) is 103 Å². The second kappa shape index (κ2) is 11.1. The van der Waals surface area contributed by atoms with Gasteiger partial charge in [0.2, 0.25) is 0 Å². The number of carbonyl (C=O) groups excluding carboxylic acids is 1. The van der Waals surface area contributed by atoms with E-state index >= 15 is 0 Å². The highest BCUT2D eigenvalue weighted by Gasteiger charge is 2.11. The third-order valence-electron chi connectivity index (χ3n) is 6.08. The van der Waals surface area contributed by atoms with Crippen LogP contribution in [0, 0.1) is 20.8 Å². The SMILES string of the molecule is Cc1ccc(Cc2c(C)cc(OCC(=O)NCCc3cc(O)cc(O)c3)cc2C)cc1C(C)C. The van der Waals surface area contributed by atoms with Crippen molar-refractivity contribution in [3.8, 4) is 17.2 Å². The molecule has 0 bridgehead atoms. The van der Waals surface area contributed by atoms with E-state index < -0.39 is 0 Å². The highest BCUT2D eigenvalue weighted by atomic mass is 16.5. The number of phenols is 2. The predicted molar refractivity (Wildman–Crippen MR) is 136 cm³/mol. The summed E-state index contributed by atoms with van der Waals surface area (Å²) in [6, 6.07) is 15.1. The maximum Gasteiger partial charge on any atom is 0.257 e. The first-order valence-electron chi connectivity index (χ1n) is 11.7. The number of rotatable bonds is 9. The summed E-state index contributed by atoms with van der Waals surface area (Å²) in [4.78, 5) is 12.2. The van der Waals surface area contributed by atoms with E-state index in [-0.39, 0.29) is 24.0 Å². The van der Waals surface area contributed by atoms with Crippen LogP contribution in [-0.2, 0) is 17.6 Å². The minimum Gasteiger partial charge on any atom is -0.508 e. The van der Waals surface area contributed by atoms with Crippen LogP contribution in [0.15, 0.2) is 48.5 Å². The molecule has 0 heterocycles. The fraction of sp³-hybridized carbons (Fsp3) is 0.345. The van der Waals surface area contributed by atoms with E-state index in [0.29, 0.717) is 24.6 Å². The molecule has 3 rings (SSSR count). The molecule has 0 saturated carbocycles. The number of aromatic hydroxyl groups is 2. The lowest BCUT2D eigenvalue weighted by atomic mass is 9.91. The molecule has 0 aromatic heterocycles. The van der Waals surface area contributed by atoms with Gasteiger partial charge in [-0.1, -0.05) is 32.0 Å². The number of amides is 1. The molecule has 0 saturated heterocycles. The van der Waals surface area contributed by atoms with Crippen molar-refractivity contribution in [2.75, 3.05) is 13.2 Å². The Morgan fingerprint density at radius 3 is 2.15 bits per heavy atom. The van der Waals surface area contributed by atoms with Gasteiger partial charge < -0.3 is 20.3 Å². The smallest absolute Gasteiger partial charge is 0.257 e. The lowest BCUT2D eigenvalue weighted by molar-refractivity contribution is -0.123. The summed E-state index contributed by atoms with van der Waals surface area (Å²) in [5.74, 6) is 0.961. The zero-order valence-corrected chi connectivity index (χ0v) is 20.7. The van der Waals surface area contributed by atoms with Gasteiger partial charge in [-0.2, -0.15) is 0 Å². The van der Waals surface area contributed by atoms with Gasteiger partial charge in [-0.25, -0.2) is 0 Å². The molecular formula is C29H35NO4. The van der Waals surface area contributed by atoms with Gasteiger partial charge in [0.1, 0.15) is 17.2 Å². The molecular weight excluding hydrogens is 426 g/mol. The molecule has 0 radical (unpaired) electrons. The Labute approximate surface area is 202 Å². The molecule has 34 heavy (non-hydrogen) atoms. The molecule has 0 fully saturated rings. The van der Waals surface area contributed by atoms with Crippen LogP contribution in [0.1, 0.15) is 58.7 Å². The van der Waals surface area contributed by atoms with E-state index in [1.165, 1.54) is 28.3 Å². The first kappa shape index (κ1) is 25.2. The Balaban J connectivity index is 1.56. The molecule has 0 unspecified atom stereocenters. The minimum atomic E-state index is -0.218. The molecule has 0 spiro atoms. The molecule has 0 aliphatic carbocycles. The lowest BCUT2D eigenvalue weighted by Crippen LogP contribution is -2.30. The topological polar surface area (TPSA) is 78.8 Å². The van der Waals surface area contributed by atoms with E-state index in [1.807, 2.05) is 12.1 Å². The quantitative estimate of drug-likeness (QED) is 0.395. The second-order valence-electron chi connectivity index (χ2n) is 9.30. The van der Waals surface area contributed by atoms with Gasteiger partial charge in [0.25, 0.3) is 5.91 Å². The van der Waals surface area contributed by atoms with E-state index in [4.69, 9.17) is 4.74 Å². The normalized spacial score (nSPS) is 11.0. The van der Waals surface area contributed by atoms with E-state index in [2.05, 4.69) is 58.1 Å². The molecule has 5 nitrogen and oxygen atoms in total. The van der Waals surface area contributed by atoms with Crippen molar-refractivity contribution < 1.29 is 19.7 Å². The van der Waals surface area contributed by atoms with Crippen molar-refractivity contribution >= 4 is 5.91 Å². The van der Waals surface area contributed by atoms with Gasteiger partial charge in [0.05, 0.1) is 0 Å². The summed E-state index contributed by atoms with van der Waals surface area (Å²) >= 11 is 0. The van der Waals surface area contributed by atoms with E-state index in [0.717, 1.165) is 23.1 Å². The molecule has 0 aliphatic heterocycles. The summed E-state index contributed by atoms with van der Waals surface area (Å²) in [7, 11) is 0. The zero-order valence-electron chi connectivity index (χ0n) is 20.7. The molecule has 180 valence electrons. The van der Waals surface area contributed by atoms with Gasteiger partial charge in [0.15, 0.2) is 6.61 Å². The zero-order chi connectivity index (χ0) is 24.8. The second-order valence-corrected chi connectivity index (χ2v) is 9.30. The van der Waals surface area contributed by atoms with Crippen molar-refractivity contribution in [1.82, 2.24) is 5.32 Å². The fourth-order valence-corrected chi connectivity index (χ4v) is 4.29. The number of hydrogen-bond donors (Lipinski definition) is 3. The number of hydrogen-bond acceptors (Lipinski definition) is 4. The summed E-state index contributed by atoms with van der Waals surface area (Å²) in [5.41, 5.74) is 8.33. The lowest BCUT2D eigenvalue weighted by Gasteiger charge is -2.16. The van der Waals surface area contributed by atoms with Crippen molar-refractivity contribution in [3.05, 3.63) is 87.5 Å². The number of benzene rings is 3.